The average Bonchev–Trinajstić information content (AvgIpc) is 2.67. The van der Waals surface area contributed by atoms with E-state index in [1.165, 1.54) is 0 Å². The molecule has 0 saturated carbocycles. The van der Waals surface area contributed by atoms with E-state index in [0.717, 1.165) is 25.4 Å². The van der Waals surface area contributed by atoms with Gasteiger partial charge in [0.05, 0.1) is 38.3 Å². The number of rotatable bonds is 18. The van der Waals surface area contributed by atoms with Crippen molar-refractivity contribution in [3.63, 3.8) is 0 Å². The summed E-state index contributed by atoms with van der Waals surface area (Å²) in [6.45, 7) is 16.0. The van der Waals surface area contributed by atoms with Crippen LogP contribution in [0.5, 0.6) is 0 Å². The zero-order chi connectivity index (χ0) is 21.7. The van der Waals surface area contributed by atoms with Crippen LogP contribution in [0, 0.1) is 23.7 Å². The SMILES string of the molecule is CCNCCSSC(NCCOCCOCCC(=O)NCC#CC(C)C)C(C)C. The van der Waals surface area contributed by atoms with Gasteiger partial charge in [-0.1, -0.05) is 68.0 Å². The number of hydrogen-bond donors (Lipinski definition) is 3. The topological polar surface area (TPSA) is 71.6 Å². The van der Waals surface area contributed by atoms with Crippen molar-refractivity contribution in [2.45, 2.75) is 46.4 Å². The predicted octanol–water partition coefficient (Wildman–Crippen LogP) is 2.75. The van der Waals surface area contributed by atoms with Crippen LogP contribution in [0.2, 0.25) is 0 Å². The van der Waals surface area contributed by atoms with Crippen molar-refractivity contribution in [3.05, 3.63) is 0 Å². The van der Waals surface area contributed by atoms with Crippen LogP contribution in [0.15, 0.2) is 0 Å². The minimum atomic E-state index is -0.0336. The molecule has 29 heavy (non-hydrogen) atoms. The molecule has 0 bridgehead atoms. The van der Waals surface area contributed by atoms with Crippen LogP contribution < -0.4 is 16.0 Å². The standard InChI is InChI=1S/C21H41N3O3S2/c1-6-22-12-17-28-29-21(19(4)5)24-11-14-27-16-15-26-13-9-20(25)23-10-7-8-18(2)3/h18-19,21-22,24H,6,9-17H2,1-5H3,(H,23,25). The summed E-state index contributed by atoms with van der Waals surface area (Å²) >= 11 is 0. The van der Waals surface area contributed by atoms with E-state index in [1.807, 2.05) is 35.4 Å². The number of carbonyl (C=O) groups excluding carboxylic acids is 1. The number of nitrogens with one attached hydrogen (secondary N) is 3. The van der Waals surface area contributed by atoms with E-state index in [0.29, 0.717) is 56.6 Å². The fourth-order valence-corrected chi connectivity index (χ4v) is 4.77. The monoisotopic (exact) mass is 447 g/mol. The molecule has 0 fully saturated rings. The highest BCUT2D eigenvalue weighted by atomic mass is 33.1. The summed E-state index contributed by atoms with van der Waals surface area (Å²) in [6, 6.07) is 0. The lowest BCUT2D eigenvalue weighted by Crippen LogP contribution is -2.33. The molecule has 3 N–H and O–H groups in total. The van der Waals surface area contributed by atoms with Gasteiger partial charge in [0.15, 0.2) is 0 Å². The highest BCUT2D eigenvalue weighted by molar-refractivity contribution is 8.76. The second kappa shape index (κ2) is 20.8. The minimum absolute atomic E-state index is 0.0336. The summed E-state index contributed by atoms with van der Waals surface area (Å²) < 4.78 is 11.0. The van der Waals surface area contributed by atoms with Crippen LogP contribution in [-0.4, -0.2) is 69.6 Å². The molecule has 0 aliphatic carbocycles. The van der Waals surface area contributed by atoms with Gasteiger partial charge in [-0.3, -0.25) is 4.79 Å². The van der Waals surface area contributed by atoms with E-state index in [4.69, 9.17) is 9.47 Å². The molecular weight excluding hydrogens is 406 g/mol. The lowest BCUT2D eigenvalue weighted by molar-refractivity contribution is -0.122. The van der Waals surface area contributed by atoms with Crippen LogP contribution in [0.1, 0.15) is 41.0 Å². The van der Waals surface area contributed by atoms with Crippen LogP contribution >= 0.6 is 21.6 Å². The number of amides is 1. The third-order valence-electron chi connectivity index (χ3n) is 3.59. The zero-order valence-corrected chi connectivity index (χ0v) is 20.5. The molecular formula is C21H41N3O3S2. The summed E-state index contributed by atoms with van der Waals surface area (Å²) in [5.41, 5.74) is 0. The van der Waals surface area contributed by atoms with E-state index in [1.54, 1.807) is 0 Å². The second-order valence-corrected chi connectivity index (χ2v) is 9.75. The molecule has 0 saturated heterocycles. The predicted molar refractivity (Wildman–Crippen MR) is 127 cm³/mol. The summed E-state index contributed by atoms with van der Waals surface area (Å²) in [4.78, 5) is 11.6. The number of hydrogen-bond acceptors (Lipinski definition) is 7. The van der Waals surface area contributed by atoms with Gasteiger partial charge < -0.3 is 25.4 Å². The van der Waals surface area contributed by atoms with Crippen LogP contribution in [0.4, 0.5) is 0 Å². The average molecular weight is 448 g/mol. The first-order valence-corrected chi connectivity index (χ1v) is 13.0. The van der Waals surface area contributed by atoms with Crippen LogP contribution in [0.25, 0.3) is 0 Å². The molecule has 170 valence electrons. The molecule has 0 aliphatic heterocycles. The maximum atomic E-state index is 11.6. The number of ether oxygens (including phenoxy) is 2. The molecule has 0 aromatic carbocycles. The molecule has 0 aromatic heterocycles. The molecule has 0 spiro atoms. The summed E-state index contributed by atoms with van der Waals surface area (Å²) in [6.07, 6.45) is 0.351. The van der Waals surface area contributed by atoms with E-state index in [9.17, 15) is 4.79 Å². The van der Waals surface area contributed by atoms with Crippen LogP contribution in [0.3, 0.4) is 0 Å². The zero-order valence-electron chi connectivity index (χ0n) is 18.8. The van der Waals surface area contributed by atoms with Crippen molar-refractivity contribution in [1.29, 1.82) is 0 Å². The summed E-state index contributed by atoms with van der Waals surface area (Å²) in [5, 5.41) is 10.1. The van der Waals surface area contributed by atoms with E-state index in [2.05, 4.69) is 48.6 Å². The van der Waals surface area contributed by atoms with Gasteiger partial charge in [-0.05, 0) is 12.5 Å². The molecule has 0 heterocycles. The fourth-order valence-electron chi connectivity index (χ4n) is 2.04. The summed E-state index contributed by atoms with van der Waals surface area (Å²) in [5.74, 6) is 7.91. The van der Waals surface area contributed by atoms with Gasteiger partial charge >= 0.3 is 0 Å². The fraction of sp³-hybridized carbons (Fsp3) is 0.857. The maximum Gasteiger partial charge on any atom is 0.223 e. The highest BCUT2D eigenvalue weighted by Crippen LogP contribution is 2.29. The lowest BCUT2D eigenvalue weighted by Gasteiger charge is -2.21. The Hall–Kier alpha value is -0.430. The van der Waals surface area contributed by atoms with Crippen LogP contribution in [-0.2, 0) is 14.3 Å². The Morgan fingerprint density at radius 3 is 2.41 bits per heavy atom. The van der Waals surface area contributed by atoms with Crippen molar-refractivity contribution in [1.82, 2.24) is 16.0 Å². The van der Waals surface area contributed by atoms with Gasteiger partial charge in [0, 0.05) is 31.2 Å². The van der Waals surface area contributed by atoms with Crippen molar-refractivity contribution in [3.8, 4) is 11.8 Å². The van der Waals surface area contributed by atoms with Gasteiger partial charge in [0.1, 0.15) is 0 Å². The van der Waals surface area contributed by atoms with Gasteiger partial charge in [-0.2, -0.15) is 0 Å². The largest absolute Gasteiger partial charge is 0.379 e. The molecule has 1 amide bonds. The smallest absolute Gasteiger partial charge is 0.223 e. The molecule has 8 heteroatoms. The Morgan fingerprint density at radius 1 is 1.03 bits per heavy atom. The first-order valence-electron chi connectivity index (χ1n) is 10.6. The quantitative estimate of drug-likeness (QED) is 0.129. The molecule has 0 aromatic rings. The first-order chi connectivity index (χ1) is 14.0. The van der Waals surface area contributed by atoms with Crippen molar-refractivity contribution >= 4 is 27.5 Å². The van der Waals surface area contributed by atoms with Gasteiger partial charge in [0.25, 0.3) is 0 Å². The molecule has 0 rings (SSSR count). The van der Waals surface area contributed by atoms with Gasteiger partial charge in [0.2, 0.25) is 5.91 Å². The second-order valence-electron chi connectivity index (χ2n) is 7.12. The molecule has 0 radical (unpaired) electrons. The molecule has 1 unspecified atom stereocenters. The summed E-state index contributed by atoms with van der Waals surface area (Å²) in [7, 11) is 3.81. The van der Waals surface area contributed by atoms with E-state index >= 15 is 0 Å². The maximum absolute atomic E-state index is 11.6. The van der Waals surface area contributed by atoms with Crippen molar-refractivity contribution < 1.29 is 14.3 Å². The van der Waals surface area contributed by atoms with Gasteiger partial charge in [-0.15, -0.1) is 0 Å². The molecule has 1 atom stereocenters. The van der Waals surface area contributed by atoms with Crippen molar-refractivity contribution in [2.24, 2.45) is 11.8 Å². The van der Waals surface area contributed by atoms with Crippen molar-refractivity contribution in [2.75, 3.05) is 58.4 Å². The lowest BCUT2D eigenvalue weighted by atomic mass is 10.2. The van der Waals surface area contributed by atoms with E-state index in [-0.39, 0.29) is 5.91 Å². The molecule has 0 aliphatic rings. The molecule has 6 nitrogen and oxygen atoms in total. The minimum Gasteiger partial charge on any atom is -0.379 e. The normalized spacial score (nSPS) is 12.1. The Morgan fingerprint density at radius 2 is 1.76 bits per heavy atom. The van der Waals surface area contributed by atoms with E-state index < -0.39 is 0 Å². The Bertz CT molecular complexity index is 454. The first kappa shape index (κ1) is 28.6. The number of carbonyl (C=O) groups is 1. The Balaban J connectivity index is 3.54. The van der Waals surface area contributed by atoms with Gasteiger partial charge in [-0.25, -0.2) is 0 Å². The Kier molecular flexibility index (Phi) is 20.5. The highest BCUT2D eigenvalue weighted by Gasteiger charge is 2.13. The third kappa shape index (κ3) is 20.6. The Labute approximate surface area is 186 Å². The third-order valence-corrected chi connectivity index (χ3v) is 6.55.